The number of nitrogens with one attached hydrogen (secondary N) is 1. The average Bonchev–Trinajstić information content (AvgIpc) is 2.50. The zero-order valence-electron chi connectivity index (χ0n) is 7.70. The number of H-pyrrole nitrogens is 1. The van der Waals surface area contributed by atoms with Crippen LogP contribution in [0.2, 0.25) is 0 Å². The molecule has 1 heterocycles. The van der Waals surface area contributed by atoms with E-state index in [1.807, 2.05) is 6.92 Å². The lowest BCUT2D eigenvalue weighted by molar-refractivity contribution is 0.0594. The molecule has 0 fully saturated rings. The maximum Gasteiger partial charge on any atom is 0.356 e. The van der Waals surface area contributed by atoms with E-state index in [2.05, 4.69) is 14.7 Å². The molecule has 1 aromatic heterocycles. The molecule has 0 aliphatic carbocycles. The van der Waals surface area contributed by atoms with Crippen molar-refractivity contribution in [1.82, 2.24) is 9.97 Å². The molecule has 1 aromatic rings. The summed E-state index contributed by atoms with van der Waals surface area (Å²) in [4.78, 5) is 17.8. The molecule has 0 unspecified atom stereocenters. The van der Waals surface area contributed by atoms with Crippen molar-refractivity contribution in [3.05, 3.63) is 17.7 Å². The largest absolute Gasteiger partial charge is 0.464 e. The Morgan fingerprint density at radius 1 is 1.85 bits per heavy atom. The number of aromatic nitrogens is 2. The minimum atomic E-state index is -0.413. The van der Waals surface area contributed by atoms with Crippen molar-refractivity contribution in [3.8, 4) is 0 Å². The molecule has 5 nitrogen and oxygen atoms in total. The highest BCUT2D eigenvalue weighted by molar-refractivity contribution is 5.86. The first-order valence-corrected chi connectivity index (χ1v) is 4.01. The molecule has 0 aliphatic rings. The predicted molar refractivity (Wildman–Crippen MR) is 47.3 cm³/mol. The Labute approximate surface area is 76.3 Å². The van der Waals surface area contributed by atoms with Gasteiger partial charge in [0.25, 0.3) is 0 Å². The zero-order chi connectivity index (χ0) is 9.84. The molecule has 0 radical (unpaired) electrons. The normalized spacial score (nSPS) is 12.5. The van der Waals surface area contributed by atoms with Crippen molar-refractivity contribution in [2.24, 2.45) is 5.73 Å². The maximum atomic E-state index is 11.0. The first-order valence-electron chi connectivity index (χ1n) is 4.01. The van der Waals surface area contributed by atoms with E-state index >= 15 is 0 Å². The average molecular weight is 183 g/mol. The van der Waals surface area contributed by atoms with Crippen LogP contribution in [0.5, 0.6) is 0 Å². The summed E-state index contributed by atoms with van der Waals surface area (Å²) in [7, 11) is 1.33. The van der Waals surface area contributed by atoms with Gasteiger partial charge in [0.15, 0.2) is 0 Å². The smallest absolute Gasteiger partial charge is 0.356 e. The fourth-order valence-electron chi connectivity index (χ4n) is 0.985. The van der Waals surface area contributed by atoms with Crippen molar-refractivity contribution in [3.63, 3.8) is 0 Å². The SMILES string of the molecule is COC(=O)c1cnc(C[C@@H](C)N)[nH]1. The summed E-state index contributed by atoms with van der Waals surface area (Å²) in [5, 5.41) is 0. The van der Waals surface area contributed by atoms with Gasteiger partial charge in [-0.1, -0.05) is 0 Å². The molecule has 0 saturated heterocycles. The number of methoxy groups -OCH3 is 1. The Balaban J connectivity index is 2.69. The molecular weight excluding hydrogens is 170 g/mol. The number of carbonyl (C=O) groups is 1. The number of hydrogen-bond acceptors (Lipinski definition) is 4. The minimum absolute atomic E-state index is 0.0247. The Kier molecular flexibility index (Phi) is 3.02. The van der Waals surface area contributed by atoms with Gasteiger partial charge in [-0.05, 0) is 6.92 Å². The van der Waals surface area contributed by atoms with Gasteiger partial charge in [-0.25, -0.2) is 9.78 Å². The summed E-state index contributed by atoms with van der Waals surface area (Å²) >= 11 is 0. The fourth-order valence-corrected chi connectivity index (χ4v) is 0.985. The van der Waals surface area contributed by atoms with Crippen LogP contribution in [0.1, 0.15) is 23.2 Å². The van der Waals surface area contributed by atoms with Crippen molar-refractivity contribution in [2.45, 2.75) is 19.4 Å². The molecule has 72 valence electrons. The number of esters is 1. The lowest BCUT2D eigenvalue weighted by Gasteiger charge is -1.99. The molecule has 0 bridgehead atoms. The molecule has 3 N–H and O–H groups in total. The topological polar surface area (TPSA) is 81.0 Å². The Bertz CT molecular complexity index is 293. The van der Waals surface area contributed by atoms with Crippen LogP contribution < -0.4 is 5.73 Å². The second kappa shape index (κ2) is 4.04. The van der Waals surface area contributed by atoms with E-state index in [1.54, 1.807) is 0 Å². The van der Waals surface area contributed by atoms with E-state index < -0.39 is 5.97 Å². The van der Waals surface area contributed by atoms with Gasteiger partial charge >= 0.3 is 5.97 Å². The molecule has 5 heteroatoms. The molecule has 0 spiro atoms. The highest BCUT2D eigenvalue weighted by Crippen LogP contribution is 2.00. The van der Waals surface area contributed by atoms with Gasteiger partial charge in [0, 0.05) is 12.5 Å². The number of aromatic amines is 1. The lowest BCUT2D eigenvalue weighted by atomic mass is 10.2. The number of imidazole rings is 1. The van der Waals surface area contributed by atoms with Crippen molar-refractivity contribution in [2.75, 3.05) is 7.11 Å². The van der Waals surface area contributed by atoms with Crippen molar-refractivity contribution >= 4 is 5.97 Å². The highest BCUT2D eigenvalue weighted by atomic mass is 16.5. The number of nitrogens with two attached hydrogens (primary N) is 1. The quantitative estimate of drug-likeness (QED) is 0.650. The molecule has 13 heavy (non-hydrogen) atoms. The first-order chi connectivity index (χ1) is 6.13. The van der Waals surface area contributed by atoms with Crippen LogP contribution >= 0.6 is 0 Å². The second-order valence-corrected chi connectivity index (χ2v) is 2.92. The van der Waals surface area contributed by atoms with Crippen LogP contribution in [-0.2, 0) is 11.2 Å². The number of rotatable bonds is 3. The molecule has 0 amide bonds. The van der Waals surface area contributed by atoms with Gasteiger partial charge in [0.05, 0.1) is 13.3 Å². The predicted octanol–water partition coefficient (Wildman–Crippen LogP) is 0.0860. The van der Waals surface area contributed by atoms with E-state index in [0.29, 0.717) is 17.9 Å². The minimum Gasteiger partial charge on any atom is -0.464 e. The molecular formula is C8H13N3O2. The molecule has 0 aliphatic heterocycles. The molecule has 1 atom stereocenters. The van der Waals surface area contributed by atoms with Crippen LogP contribution in [0.25, 0.3) is 0 Å². The summed E-state index contributed by atoms with van der Waals surface area (Å²) in [6.07, 6.45) is 2.07. The summed E-state index contributed by atoms with van der Waals surface area (Å²) < 4.78 is 4.51. The maximum absolute atomic E-state index is 11.0. The number of nitrogens with zero attached hydrogens (tertiary/aromatic N) is 1. The summed E-state index contributed by atoms with van der Waals surface area (Å²) in [6, 6.07) is 0.0247. The Morgan fingerprint density at radius 2 is 2.54 bits per heavy atom. The zero-order valence-corrected chi connectivity index (χ0v) is 7.70. The molecule has 0 saturated carbocycles. The van der Waals surface area contributed by atoms with E-state index in [1.165, 1.54) is 13.3 Å². The van der Waals surface area contributed by atoms with Crippen molar-refractivity contribution in [1.29, 1.82) is 0 Å². The third-order valence-electron chi connectivity index (χ3n) is 1.55. The van der Waals surface area contributed by atoms with Crippen LogP contribution in [-0.4, -0.2) is 29.1 Å². The third-order valence-corrected chi connectivity index (χ3v) is 1.55. The van der Waals surface area contributed by atoms with E-state index in [0.717, 1.165) is 0 Å². The summed E-state index contributed by atoms with van der Waals surface area (Å²) in [5.74, 6) is 0.291. The monoisotopic (exact) mass is 183 g/mol. The van der Waals surface area contributed by atoms with E-state index in [4.69, 9.17) is 5.73 Å². The second-order valence-electron chi connectivity index (χ2n) is 2.92. The van der Waals surface area contributed by atoms with Crippen LogP contribution in [0.15, 0.2) is 6.20 Å². The number of hydrogen-bond donors (Lipinski definition) is 2. The van der Waals surface area contributed by atoms with Crippen LogP contribution in [0, 0.1) is 0 Å². The third kappa shape index (κ3) is 2.55. The summed E-state index contributed by atoms with van der Waals surface area (Å²) in [6.45, 7) is 1.88. The number of carbonyl (C=O) groups excluding carboxylic acids is 1. The van der Waals surface area contributed by atoms with Gasteiger partial charge in [-0.3, -0.25) is 0 Å². The van der Waals surface area contributed by atoms with Crippen molar-refractivity contribution < 1.29 is 9.53 Å². The summed E-state index contributed by atoms with van der Waals surface area (Å²) in [5.41, 5.74) is 5.93. The Morgan fingerprint density at radius 3 is 3.08 bits per heavy atom. The van der Waals surface area contributed by atoms with Gasteiger partial charge < -0.3 is 15.5 Å². The van der Waals surface area contributed by atoms with Gasteiger partial charge in [0.2, 0.25) is 0 Å². The lowest BCUT2D eigenvalue weighted by Crippen LogP contribution is -2.18. The van der Waals surface area contributed by atoms with E-state index in [9.17, 15) is 4.79 Å². The van der Waals surface area contributed by atoms with Gasteiger partial charge in [-0.2, -0.15) is 0 Å². The standard InChI is InChI=1S/C8H13N3O2/c1-5(9)3-7-10-4-6(11-7)8(12)13-2/h4-5H,3,9H2,1-2H3,(H,10,11)/t5-/m1/s1. The fraction of sp³-hybridized carbons (Fsp3) is 0.500. The highest BCUT2D eigenvalue weighted by Gasteiger charge is 2.09. The van der Waals surface area contributed by atoms with Gasteiger partial charge in [-0.15, -0.1) is 0 Å². The number of ether oxygens (including phenoxy) is 1. The Hall–Kier alpha value is -1.36. The first kappa shape index (κ1) is 9.73. The van der Waals surface area contributed by atoms with Crippen LogP contribution in [0.4, 0.5) is 0 Å². The van der Waals surface area contributed by atoms with Gasteiger partial charge in [0.1, 0.15) is 11.5 Å². The molecule has 1 rings (SSSR count). The van der Waals surface area contributed by atoms with Crippen LogP contribution in [0.3, 0.4) is 0 Å². The molecule has 0 aromatic carbocycles. The van der Waals surface area contributed by atoms with E-state index in [-0.39, 0.29) is 6.04 Å².